The maximum atomic E-state index is 12.3. The van der Waals surface area contributed by atoms with Gasteiger partial charge in [-0.05, 0) is 43.6 Å². The monoisotopic (exact) mass is 434 g/mol. The lowest BCUT2D eigenvalue weighted by Gasteiger charge is -2.33. The molecule has 2 unspecified atom stereocenters. The van der Waals surface area contributed by atoms with Crippen LogP contribution in [0.5, 0.6) is 0 Å². The van der Waals surface area contributed by atoms with Crippen LogP contribution in [0.3, 0.4) is 0 Å². The first-order chi connectivity index (χ1) is 14.3. The van der Waals surface area contributed by atoms with Crippen LogP contribution in [0.1, 0.15) is 43.6 Å². The fourth-order valence-corrected chi connectivity index (χ4v) is 5.38. The van der Waals surface area contributed by atoms with E-state index in [0.717, 1.165) is 31.9 Å². The number of hydrogen-bond donors (Lipinski definition) is 1. The average molecular weight is 435 g/mol. The van der Waals surface area contributed by atoms with Crippen molar-refractivity contribution in [3.63, 3.8) is 0 Å². The number of ether oxygens (including phenoxy) is 2. The predicted molar refractivity (Wildman–Crippen MR) is 114 cm³/mol. The topological polar surface area (TPSA) is 84.9 Å². The summed E-state index contributed by atoms with van der Waals surface area (Å²) in [4.78, 5) is 13.8. The van der Waals surface area contributed by atoms with E-state index in [-0.39, 0.29) is 12.7 Å². The van der Waals surface area contributed by atoms with Crippen molar-refractivity contribution >= 4 is 16.1 Å². The summed E-state index contributed by atoms with van der Waals surface area (Å²) in [6, 6.07) is 8.92. The largest absolute Gasteiger partial charge is 0.453 e. The van der Waals surface area contributed by atoms with Crippen molar-refractivity contribution in [2.24, 2.45) is 0 Å². The van der Waals surface area contributed by atoms with Crippen LogP contribution in [0.15, 0.2) is 30.3 Å². The van der Waals surface area contributed by atoms with Crippen LogP contribution in [-0.4, -0.2) is 63.6 Å². The zero-order valence-corrected chi connectivity index (χ0v) is 18.3. The maximum absolute atomic E-state index is 12.3. The van der Waals surface area contributed by atoms with Crippen molar-refractivity contribution in [2.75, 3.05) is 20.0 Å². The summed E-state index contributed by atoms with van der Waals surface area (Å²) in [5.41, 5.74) is 1.36. The standard InChI is InChI=1S/C22H30N2O5S/c1-4-18-14-20(23-30(3,26)27)21(24(18)22(25)28-2)15-29-19-12-10-17(11-13-19)16-8-6-5-7-9-16/h1,5-9,17-21,23H,10-15H2,2-3H3/t17-,18-,19+,20?,21?/m1/s1. The third-order valence-electron chi connectivity index (χ3n) is 6.03. The van der Waals surface area contributed by atoms with Crippen molar-refractivity contribution < 1.29 is 22.7 Å². The molecule has 8 heteroatoms. The van der Waals surface area contributed by atoms with E-state index in [9.17, 15) is 13.2 Å². The molecule has 1 saturated carbocycles. The van der Waals surface area contributed by atoms with Gasteiger partial charge in [0, 0.05) is 6.04 Å². The Bertz CT molecular complexity index is 859. The van der Waals surface area contributed by atoms with E-state index in [4.69, 9.17) is 15.9 Å². The van der Waals surface area contributed by atoms with Crippen LogP contribution in [-0.2, 0) is 19.5 Å². The smallest absolute Gasteiger partial charge is 0.410 e. The van der Waals surface area contributed by atoms with Crippen molar-refractivity contribution in [3.05, 3.63) is 35.9 Å². The van der Waals surface area contributed by atoms with E-state index in [2.05, 4.69) is 34.9 Å². The fourth-order valence-electron chi connectivity index (χ4n) is 4.57. The minimum Gasteiger partial charge on any atom is -0.453 e. The molecule has 1 aliphatic carbocycles. The Balaban J connectivity index is 1.63. The lowest BCUT2D eigenvalue weighted by Crippen LogP contribution is -2.50. The van der Waals surface area contributed by atoms with Crippen LogP contribution < -0.4 is 4.72 Å². The highest BCUT2D eigenvalue weighted by molar-refractivity contribution is 7.88. The van der Waals surface area contributed by atoms with Gasteiger partial charge in [-0.1, -0.05) is 36.3 Å². The second kappa shape index (κ2) is 9.82. The third-order valence-corrected chi connectivity index (χ3v) is 6.76. The first-order valence-electron chi connectivity index (χ1n) is 10.3. The summed E-state index contributed by atoms with van der Waals surface area (Å²) >= 11 is 0. The van der Waals surface area contributed by atoms with Crippen molar-refractivity contribution in [2.45, 2.75) is 62.3 Å². The zero-order valence-electron chi connectivity index (χ0n) is 17.5. The molecule has 1 saturated heterocycles. The van der Waals surface area contributed by atoms with Crippen molar-refractivity contribution in [3.8, 4) is 12.3 Å². The molecule has 30 heavy (non-hydrogen) atoms. The molecule has 2 aliphatic rings. The highest BCUT2D eigenvalue weighted by Gasteiger charge is 2.45. The van der Waals surface area contributed by atoms with Gasteiger partial charge in [0.2, 0.25) is 10.0 Å². The molecule has 0 aromatic heterocycles. The summed E-state index contributed by atoms with van der Waals surface area (Å²) < 4.78 is 37.3. The number of nitrogens with one attached hydrogen (secondary N) is 1. The molecule has 7 nitrogen and oxygen atoms in total. The molecule has 1 amide bonds. The first-order valence-corrected chi connectivity index (χ1v) is 12.2. The highest BCUT2D eigenvalue weighted by atomic mass is 32.2. The number of terminal acetylenes is 1. The van der Waals surface area contributed by atoms with Gasteiger partial charge in [-0.3, -0.25) is 4.90 Å². The molecule has 0 spiro atoms. The first kappa shape index (κ1) is 22.6. The molecule has 1 heterocycles. The Morgan fingerprint density at radius 1 is 1.23 bits per heavy atom. The number of rotatable bonds is 6. The lowest BCUT2D eigenvalue weighted by atomic mass is 9.83. The molecule has 3 atom stereocenters. The van der Waals surface area contributed by atoms with Crippen LogP contribution in [0.25, 0.3) is 0 Å². The van der Waals surface area contributed by atoms with Crippen molar-refractivity contribution in [1.29, 1.82) is 0 Å². The molecule has 2 fully saturated rings. The minimum absolute atomic E-state index is 0.0771. The number of benzene rings is 1. The van der Waals surface area contributed by atoms with E-state index in [0.29, 0.717) is 12.3 Å². The van der Waals surface area contributed by atoms with Gasteiger partial charge >= 0.3 is 6.09 Å². The molecular weight excluding hydrogens is 404 g/mol. The second-order valence-electron chi connectivity index (χ2n) is 8.08. The summed E-state index contributed by atoms with van der Waals surface area (Å²) in [6.07, 6.45) is 10.5. The quantitative estimate of drug-likeness (QED) is 0.696. The van der Waals surface area contributed by atoms with E-state index < -0.39 is 34.2 Å². The highest BCUT2D eigenvalue weighted by Crippen LogP contribution is 2.34. The molecule has 1 aromatic carbocycles. The van der Waals surface area contributed by atoms with Gasteiger partial charge in [0.05, 0.1) is 38.2 Å². The van der Waals surface area contributed by atoms with E-state index in [1.807, 2.05) is 6.07 Å². The number of amides is 1. The number of sulfonamides is 1. The summed E-state index contributed by atoms with van der Waals surface area (Å²) in [5.74, 6) is 3.11. The molecule has 1 N–H and O–H groups in total. The number of methoxy groups -OCH3 is 1. The van der Waals surface area contributed by atoms with E-state index in [1.54, 1.807) is 0 Å². The Morgan fingerprint density at radius 2 is 1.90 bits per heavy atom. The molecule has 0 bridgehead atoms. The Labute approximate surface area is 179 Å². The fraction of sp³-hybridized carbons (Fsp3) is 0.591. The predicted octanol–water partition coefficient (Wildman–Crippen LogP) is 2.49. The van der Waals surface area contributed by atoms with Gasteiger partial charge in [0.15, 0.2) is 0 Å². The number of carbonyl (C=O) groups excluding carboxylic acids is 1. The summed E-state index contributed by atoms with van der Waals surface area (Å²) in [5, 5.41) is 0. The van der Waals surface area contributed by atoms with Crippen LogP contribution in [0.4, 0.5) is 4.79 Å². The van der Waals surface area contributed by atoms with Gasteiger partial charge in [0.25, 0.3) is 0 Å². The van der Waals surface area contributed by atoms with Crippen LogP contribution >= 0.6 is 0 Å². The van der Waals surface area contributed by atoms with Gasteiger partial charge in [-0.15, -0.1) is 6.42 Å². The van der Waals surface area contributed by atoms with Crippen molar-refractivity contribution in [1.82, 2.24) is 9.62 Å². The van der Waals surface area contributed by atoms with Gasteiger partial charge in [0.1, 0.15) is 0 Å². The zero-order chi connectivity index (χ0) is 21.7. The average Bonchev–Trinajstić information content (AvgIpc) is 3.08. The molecule has 164 valence electrons. The molecule has 1 aliphatic heterocycles. The lowest BCUT2D eigenvalue weighted by molar-refractivity contribution is -0.00730. The van der Waals surface area contributed by atoms with E-state index in [1.165, 1.54) is 17.6 Å². The SMILES string of the molecule is C#C[C@@H]1CC(NS(C)(=O)=O)C(CO[C@H]2CC[C@@H](c3ccccc3)CC2)N1C(=O)OC. The normalized spacial score (nSPS) is 29.4. The molecule has 0 radical (unpaired) electrons. The van der Waals surface area contributed by atoms with Crippen LogP contribution in [0.2, 0.25) is 0 Å². The van der Waals surface area contributed by atoms with Gasteiger partial charge in [-0.25, -0.2) is 17.9 Å². The third kappa shape index (κ3) is 5.54. The summed E-state index contributed by atoms with van der Waals surface area (Å²) in [6.45, 7) is 0.209. The number of hydrogen-bond acceptors (Lipinski definition) is 5. The molecular formula is C22H30N2O5S. The Hall–Kier alpha value is -2.08. The maximum Gasteiger partial charge on any atom is 0.410 e. The van der Waals surface area contributed by atoms with Gasteiger partial charge < -0.3 is 9.47 Å². The number of nitrogens with zero attached hydrogens (tertiary/aromatic N) is 1. The number of carbonyl (C=O) groups is 1. The molecule has 1 aromatic rings. The second-order valence-corrected chi connectivity index (χ2v) is 9.86. The summed E-state index contributed by atoms with van der Waals surface area (Å²) in [7, 11) is -2.17. The van der Waals surface area contributed by atoms with Crippen LogP contribution in [0, 0.1) is 12.3 Å². The molecule has 3 rings (SSSR count). The Kier molecular flexibility index (Phi) is 7.40. The number of likely N-dealkylation sites (tertiary alicyclic amines) is 1. The van der Waals surface area contributed by atoms with Gasteiger partial charge in [-0.2, -0.15) is 0 Å². The van der Waals surface area contributed by atoms with E-state index >= 15 is 0 Å². The Morgan fingerprint density at radius 3 is 2.47 bits per heavy atom. The minimum atomic E-state index is -3.46.